The second kappa shape index (κ2) is 7.26. The van der Waals surface area contributed by atoms with Gasteiger partial charge in [0.2, 0.25) is 11.8 Å². The van der Waals surface area contributed by atoms with E-state index in [1.165, 1.54) is 0 Å². The number of hydrogen-bond acceptors (Lipinski definition) is 2. The van der Waals surface area contributed by atoms with Crippen molar-refractivity contribution in [3.8, 4) is 0 Å². The summed E-state index contributed by atoms with van der Waals surface area (Å²) in [4.78, 5) is 27.4. The van der Waals surface area contributed by atoms with Gasteiger partial charge >= 0.3 is 0 Å². The molecule has 2 amide bonds. The van der Waals surface area contributed by atoms with Crippen LogP contribution < -0.4 is 5.32 Å². The van der Waals surface area contributed by atoms with Gasteiger partial charge in [0.1, 0.15) is 6.04 Å². The molecule has 1 aromatic rings. The third kappa shape index (κ3) is 3.84. The van der Waals surface area contributed by atoms with Crippen LogP contribution in [0.25, 0.3) is 0 Å². The molecular weight excluding hydrogens is 312 g/mol. The Balaban J connectivity index is 1.82. The van der Waals surface area contributed by atoms with Crippen LogP contribution in [0.2, 0.25) is 0 Å². The third-order valence-electron chi connectivity index (χ3n) is 5.19. The average molecular weight is 338 g/mol. The summed E-state index contributed by atoms with van der Waals surface area (Å²) in [6.45, 7) is 9.03. The van der Waals surface area contributed by atoms with Gasteiger partial charge in [-0.25, -0.2) is 0 Å². The smallest absolute Gasteiger partial charge is 0.247 e. The predicted molar refractivity (Wildman–Crippen MR) is 98.9 cm³/mol. The molecule has 1 fully saturated rings. The zero-order chi connectivity index (χ0) is 18.0. The van der Waals surface area contributed by atoms with Gasteiger partial charge in [-0.05, 0) is 49.3 Å². The van der Waals surface area contributed by atoms with Gasteiger partial charge < -0.3 is 10.2 Å². The van der Waals surface area contributed by atoms with E-state index < -0.39 is 6.04 Å². The topological polar surface area (TPSA) is 49.4 Å². The molecule has 0 bridgehead atoms. The van der Waals surface area contributed by atoms with Crippen LogP contribution in [0.3, 0.4) is 0 Å². The van der Waals surface area contributed by atoms with E-state index >= 15 is 0 Å². The van der Waals surface area contributed by atoms with Crippen molar-refractivity contribution in [1.82, 2.24) is 10.2 Å². The van der Waals surface area contributed by atoms with E-state index in [9.17, 15) is 9.59 Å². The summed E-state index contributed by atoms with van der Waals surface area (Å²) in [5, 5.41) is 2.98. The number of nitrogens with zero attached hydrogens (tertiary/aromatic N) is 1. The van der Waals surface area contributed by atoms with E-state index in [2.05, 4.69) is 11.9 Å². The molecule has 3 rings (SSSR count). The summed E-state index contributed by atoms with van der Waals surface area (Å²) in [5.41, 5.74) is 3.87. The number of fused-ring (bicyclic) bond motifs is 1. The van der Waals surface area contributed by atoms with Crippen molar-refractivity contribution in [1.29, 1.82) is 0 Å². The van der Waals surface area contributed by atoms with Crippen LogP contribution in [-0.2, 0) is 16.0 Å². The van der Waals surface area contributed by atoms with E-state index in [1.54, 1.807) is 4.90 Å². The minimum Gasteiger partial charge on any atom is -0.350 e. The number of carbonyl (C=O) groups excluding carboxylic acids is 2. The number of carbonyl (C=O) groups is 2. The molecule has 1 aromatic carbocycles. The molecule has 4 heteroatoms. The van der Waals surface area contributed by atoms with Crippen LogP contribution in [0.15, 0.2) is 48.1 Å². The summed E-state index contributed by atoms with van der Waals surface area (Å²) in [6, 6.07) is 7.25. The van der Waals surface area contributed by atoms with Gasteiger partial charge in [0.15, 0.2) is 0 Å². The summed E-state index contributed by atoms with van der Waals surface area (Å²) >= 11 is 0. The van der Waals surface area contributed by atoms with Gasteiger partial charge in [0.05, 0.1) is 6.42 Å². The number of rotatable bonds is 6. The molecule has 0 spiro atoms. The highest BCUT2D eigenvalue weighted by atomic mass is 16.2. The van der Waals surface area contributed by atoms with Crippen LogP contribution >= 0.6 is 0 Å². The Hall–Kier alpha value is -2.36. The molecule has 1 saturated carbocycles. The molecular formula is C21H26N2O2. The van der Waals surface area contributed by atoms with Gasteiger partial charge in [0.25, 0.3) is 0 Å². The molecule has 0 radical (unpaired) electrons. The van der Waals surface area contributed by atoms with E-state index in [4.69, 9.17) is 0 Å². The van der Waals surface area contributed by atoms with Crippen molar-refractivity contribution in [3.63, 3.8) is 0 Å². The maximum Gasteiger partial charge on any atom is 0.247 e. The lowest BCUT2D eigenvalue weighted by Gasteiger charge is -2.36. The Morgan fingerprint density at radius 2 is 2.08 bits per heavy atom. The summed E-state index contributed by atoms with van der Waals surface area (Å²) in [6.07, 6.45) is 4.67. The molecule has 1 heterocycles. The fraction of sp³-hybridized carbons (Fsp3) is 0.429. The summed E-state index contributed by atoms with van der Waals surface area (Å²) in [5.74, 6) is 0.477. The normalized spacial score (nSPS) is 20.2. The second-order valence-corrected chi connectivity index (χ2v) is 7.06. The monoisotopic (exact) mass is 338 g/mol. The first-order chi connectivity index (χ1) is 12.0. The maximum absolute atomic E-state index is 13.0. The Kier molecular flexibility index (Phi) is 5.07. The molecule has 2 aliphatic rings. The molecule has 132 valence electrons. The zero-order valence-corrected chi connectivity index (χ0v) is 15.0. The maximum atomic E-state index is 13.0. The van der Waals surface area contributed by atoms with Crippen molar-refractivity contribution < 1.29 is 9.59 Å². The highest BCUT2D eigenvalue weighted by Gasteiger charge is 2.39. The highest BCUT2D eigenvalue weighted by molar-refractivity contribution is 5.92. The fourth-order valence-electron chi connectivity index (χ4n) is 3.24. The standard InChI is InChI=1S/C21H26N2O2/c1-4-14(2)15(3)12-22-21(25)20-18-8-6-5-7-17(18)11-19(24)23(20)13-16-9-10-16/h4-8,16,20H,3,9-13H2,1-2H3,(H,22,25)/b14-4-/t20-/m0/s1. The molecule has 4 nitrogen and oxygen atoms in total. The number of amides is 2. The lowest BCUT2D eigenvalue weighted by Crippen LogP contribution is -2.48. The van der Waals surface area contributed by atoms with E-state index in [-0.39, 0.29) is 11.8 Å². The van der Waals surface area contributed by atoms with Crippen LogP contribution in [0, 0.1) is 5.92 Å². The van der Waals surface area contributed by atoms with Gasteiger partial charge in [-0.15, -0.1) is 0 Å². The van der Waals surface area contributed by atoms with Crippen molar-refractivity contribution in [2.75, 3.05) is 13.1 Å². The van der Waals surface area contributed by atoms with Crippen LogP contribution in [0.4, 0.5) is 0 Å². The Bertz CT molecular complexity index is 731. The van der Waals surface area contributed by atoms with E-state index in [1.807, 2.05) is 44.2 Å². The van der Waals surface area contributed by atoms with E-state index in [0.717, 1.165) is 35.1 Å². The van der Waals surface area contributed by atoms with Gasteiger partial charge in [-0.2, -0.15) is 0 Å². The fourth-order valence-corrected chi connectivity index (χ4v) is 3.24. The largest absolute Gasteiger partial charge is 0.350 e. The van der Waals surface area contributed by atoms with Crippen LogP contribution in [0.5, 0.6) is 0 Å². The van der Waals surface area contributed by atoms with Crippen molar-refractivity contribution in [2.45, 2.75) is 39.2 Å². The molecule has 0 aromatic heterocycles. The SMILES string of the molecule is C=C(CNC(=O)[C@@H]1c2ccccc2CC(=O)N1CC1CC1)/C(C)=C\C. The van der Waals surface area contributed by atoms with Crippen molar-refractivity contribution in [3.05, 3.63) is 59.2 Å². The molecule has 25 heavy (non-hydrogen) atoms. The van der Waals surface area contributed by atoms with Gasteiger partial charge in [0, 0.05) is 13.1 Å². The Labute approximate surface area is 149 Å². The van der Waals surface area contributed by atoms with Crippen molar-refractivity contribution >= 4 is 11.8 Å². The second-order valence-electron chi connectivity index (χ2n) is 7.06. The molecule has 1 atom stereocenters. The minimum atomic E-state index is -0.531. The average Bonchev–Trinajstić information content (AvgIpc) is 3.43. The molecule has 1 aliphatic heterocycles. The quantitative estimate of drug-likeness (QED) is 0.810. The lowest BCUT2D eigenvalue weighted by molar-refractivity contribution is -0.141. The number of benzene rings is 1. The highest BCUT2D eigenvalue weighted by Crippen LogP contribution is 2.36. The molecule has 0 saturated heterocycles. The summed E-state index contributed by atoms with van der Waals surface area (Å²) < 4.78 is 0. The number of allylic oxidation sites excluding steroid dienone is 1. The van der Waals surface area contributed by atoms with Crippen molar-refractivity contribution in [2.24, 2.45) is 5.92 Å². The third-order valence-corrected chi connectivity index (χ3v) is 5.19. The predicted octanol–water partition coefficient (Wildman–Crippen LogP) is 3.16. The number of nitrogens with one attached hydrogen (secondary N) is 1. The first kappa shape index (κ1) is 17.5. The Morgan fingerprint density at radius 3 is 2.76 bits per heavy atom. The molecule has 0 unspecified atom stereocenters. The van der Waals surface area contributed by atoms with Crippen LogP contribution in [0.1, 0.15) is 43.9 Å². The first-order valence-corrected chi connectivity index (χ1v) is 8.97. The first-order valence-electron chi connectivity index (χ1n) is 8.97. The number of hydrogen-bond donors (Lipinski definition) is 1. The van der Waals surface area contributed by atoms with E-state index in [0.29, 0.717) is 25.4 Å². The van der Waals surface area contributed by atoms with Gasteiger partial charge in [-0.3, -0.25) is 9.59 Å². The van der Waals surface area contributed by atoms with Crippen LogP contribution in [-0.4, -0.2) is 29.8 Å². The molecule has 1 aliphatic carbocycles. The zero-order valence-electron chi connectivity index (χ0n) is 15.0. The lowest BCUT2D eigenvalue weighted by atomic mass is 9.91. The molecule has 1 N–H and O–H groups in total. The summed E-state index contributed by atoms with van der Waals surface area (Å²) in [7, 11) is 0. The Morgan fingerprint density at radius 1 is 1.36 bits per heavy atom. The van der Waals surface area contributed by atoms with Gasteiger partial charge in [-0.1, -0.05) is 42.5 Å². The minimum absolute atomic E-state index is 0.0502.